The zero-order valence-corrected chi connectivity index (χ0v) is 12.4. The number of nitrogens with zero attached hydrogens (tertiary/aromatic N) is 3. The molecule has 0 spiro atoms. The van der Waals surface area contributed by atoms with Gasteiger partial charge in [-0.1, -0.05) is 12.1 Å². The summed E-state index contributed by atoms with van der Waals surface area (Å²) in [4.78, 5) is 4.78. The number of likely N-dealkylation sites (tertiary alicyclic amines) is 1. The molecule has 1 N–H and O–H groups in total. The summed E-state index contributed by atoms with van der Waals surface area (Å²) < 4.78 is 5.38. The first-order chi connectivity index (χ1) is 9.19. The summed E-state index contributed by atoms with van der Waals surface area (Å²) in [7, 11) is 4.37. The summed E-state index contributed by atoms with van der Waals surface area (Å²) in [6.45, 7) is 6.99. The fourth-order valence-electron chi connectivity index (χ4n) is 2.67. The van der Waals surface area contributed by atoms with Crippen molar-refractivity contribution in [2.24, 2.45) is 0 Å². The standard InChI is InChI=1S/C14H26N4O/c1-4-15-9-12-8-14(19-16-12)11-17(2)10-13-6-5-7-18(13)3/h8,13,15H,4-7,9-11H2,1-3H3. The Labute approximate surface area is 115 Å². The third kappa shape index (κ3) is 4.30. The van der Waals surface area contributed by atoms with Gasteiger partial charge in [-0.25, -0.2) is 0 Å². The van der Waals surface area contributed by atoms with E-state index in [4.69, 9.17) is 4.52 Å². The first-order valence-corrected chi connectivity index (χ1v) is 7.23. The van der Waals surface area contributed by atoms with Crippen molar-refractivity contribution in [3.05, 3.63) is 17.5 Å². The molecule has 0 aromatic carbocycles. The molecular formula is C14H26N4O. The molecule has 1 atom stereocenters. The van der Waals surface area contributed by atoms with Gasteiger partial charge in [-0.2, -0.15) is 0 Å². The maximum atomic E-state index is 5.38. The number of hydrogen-bond donors (Lipinski definition) is 1. The van der Waals surface area contributed by atoms with E-state index in [1.807, 2.05) is 0 Å². The average molecular weight is 266 g/mol. The van der Waals surface area contributed by atoms with Crippen LogP contribution in [0.15, 0.2) is 10.6 Å². The van der Waals surface area contributed by atoms with Gasteiger partial charge in [0.1, 0.15) is 0 Å². The molecule has 1 aromatic heterocycles. The smallest absolute Gasteiger partial charge is 0.151 e. The lowest BCUT2D eigenvalue weighted by atomic mass is 10.2. The van der Waals surface area contributed by atoms with Crippen LogP contribution in [0.25, 0.3) is 0 Å². The highest BCUT2D eigenvalue weighted by Crippen LogP contribution is 2.16. The summed E-state index contributed by atoms with van der Waals surface area (Å²) >= 11 is 0. The van der Waals surface area contributed by atoms with E-state index in [0.717, 1.165) is 37.6 Å². The van der Waals surface area contributed by atoms with Crippen LogP contribution < -0.4 is 5.32 Å². The van der Waals surface area contributed by atoms with E-state index in [9.17, 15) is 0 Å². The second-order valence-corrected chi connectivity index (χ2v) is 5.54. The quantitative estimate of drug-likeness (QED) is 0.806. The molecule has 1 unspecified atom stereocenters. The molecular weight excluding hydrogens is 240 g/mol. The van der Waals surface area contributed by atoms with Gasteiger partial charge in [-0.3, -0.25) is 4.90 Å². The second-order valence-electron chi connectivity index (χ2n) is 5.54. The first kappa shape index (κ1) is 14.5. The van der Waals surface area contributed by atoms with Crippen molar-refractivity contribution >= 4 is 0 Å². The van der Waals surface area contributed by atoms with Crippen molar-refractivity contribution in [2.75, 3.05) is 33.7 Å². The van der Waals surface area contributed by atoms with E-state index in [1.54, 1.807) is 0 Å². The van der Waals surface area contributed by atoms with Crippen LogP contribution in [0.2, 0.25) is 0 Å². The summed E-state index contributed by atoms with van der Waals surface area (Å²) in [6.07, 6.45) is 2.63. The van der Waals surface area contributed by atoms with Crippen molar-refractivity contribution in [3.8, 4) is 0 Å². The molecule has 1 fully saturated rings. The molecule has 0 radical (unpaired) electrons. The number of rotatable bonds is 7. The molecule has 5 heteroatoms. The van der Waals surface area contributed by atoms with Gasteiger partial charge in [0, 0.05) is 25.2 Å². The Kier molecular flexibility index (Phi) is 5.36. The monoisotopic (exact) mass is 266 g/mol. The van der Waals surface area contributed by atoms with Gasteiger partial charge in [-0.15, -0.1) is 0 Å². The van der Waals surface area contributed by atoms with E-state index < -0.39 is 0 Å². The predicted octanol–water partition coefficient (Wildman–Crippen LogP) is 1.31. The lowest BCUT2D eigenvalue weighted by Gasteiger charge is -2.24. The van der Waals surface area contributed by atoms with Gasteiger partial charge in [0.15, 0.2) is 5.76 Å². The molecule has 0 bridgehead atoms. The second kappa shape index (κ2) is 7.03. The van der Waals surface area contributed by atoms with Gasteiger partial charge in [0.05, 0.1) is 12.2 Å². The summed E-state index contributed by atoms with van der Waals surface area (Å²) in [5, 5.41) is 7.33. The lowest BCUT2D eigenvalue weighted by Crippen LogP contribution is -2.36. The predicted molar refractivity (Wildman–Crippen MR) is 75.9 cm³/mol. The molecule has 108 valence electrons. The van der Waals surface area contributed by atoms with Crippen LogP contribution in [0, 0.1) is 0 Å². The Bertz CT molecular complexity index is 379. The minimum Gasteiger partial charge on any atom is -0.360 e. The average Bonchev–Trinajstić information content (AvgIpc) is 2.97. The van der Waals surface area contributed by atoms with E-state index in [1.165, 1.54) is 19.4 Å². The maximum absolute atomic E-state index is 5.38. The number of aromatic nitrogens is 1. The molecule has 5 nitrogen and oxygen atoms in total. The Morgan fingerprint density at radius 3 is 3.11 bits per heavy atom. The van der Waals surface area contributed by atoms with Gasteiger partial charge in [0.25, 0.3) is 0 Å². The molecule has 1 aliphatic rings. The Morgan fingerprint density at radius 1 is 1.58 bits per heavy atom. The molecule has 19 heavy (non-hydrogen) atoms. The van der Waals surface area contributed by atoms with Crippen molar-refractivity contribution < 1.29 is 4.52 Å². The van der Waals surface area contributed by atoms with Crippen LogP contribution in [-0.4, -0.2) is 54.7 Å². The van der Waals surface area contributed by atoms with Crippen molar-refractivity contribution in [1.29, 1.82) is 0 Å². The van der Waals surface area contributed by atoms with Crippen LogP contribution in [0.3, 0.4) is 0 Å². The third-order valence-corrected chi connectivity index (χ3v) is 3.78. The topological polar surface area (TPSA) is 44.5 Å². The number of hydrogen-bond acceptors (Lipinski definition) is 5. The minimum atomic E-state index is 0.689. The zero-order chi connectivity index (χ0) is 13.7. The largest absolute Gasteiger partial charge is 0.360 e. The maximum Gasteiger partial charge on any atom is 0.151 e. The third-order valence-electron chi connectivity index (χ3n) is 3.78. The van der Waals surface area contributed by atoms with Crippen molar-refractivity contribution in [2.45, 2.75) is 38.9 Å². The molecule has 2 rings (SSSR count). The van der Waals surface area contributed by atoms with E-state index >= 15 is 0 Å². The highest BCUT2D eigenvalue weighted by Gasteiger charge is 2.22. The number of nitrogens with one attached hydrogen (secondary N) is 1. The summed E-state index contributed by atoms with van der Waals surface area (Å²) in [6, 6.07) is 2.74. The molecule has 0 aliphatic carbocycles. The van der Waals surface area contributed by atoms with Crippen LogP contribution in [0.5, 0.6) is 0 Å². The van der Waals surface area contributed by atoms with E-state index in [0.29, 0.717) is 6.04 Å². The van der Waals surface area contributed by atoms with Crippen LogP contribution in [-0.2, 0) is 13.1 Å². The fourth-order valence-corrected chi connectivity index (χ4v) is 2.67. The van der Waals surface area contributed by atoms with Crippen molar-refractivity contribution in [1.82, 2.24) is 20.3 Å². The van der Waals surface area contributed by atoms with Gasteiger partial charge >= 0.3 is 0 Å². The van der Waals surface area contributed by atoms with Crippen LogP contribution in [0.1, 0.15) is 31.2 Å². The minimum absolute atomic E-state index is 0.689. The summed E-state index contributed by atoms with van der Waals surface area (Å²) in [5.41, 5.74) is 0.989. The molecule has 2 heterocycles. The Hall–Kier alpha value is -0.910. The normalized spacial score (nSPS) is 20.5. The van der Waals surface area contributed by atoms with Gasteiger partial charge < -0.3 is 14.7 Å². The molecule has 0 amide bonds. The molecule has 1 aromatic rings. The SMILES string of the molecule is CCNCc1cc(CN(C)CC2CCCN2C)on1. The number of likely N-dealkylation sites (N-methyl/N-ethyl adjacent to an activating group) is 2. The van der Waals surface area contributed by atoms with Gasteiger partial charge in [0.2, 0.25) is 0 Å². The van der Waals surface area contributed by atoms with E-state index in [2.05, 4.69) is 47.4 Å². The summed E-state index contributed by atoms with van der Waals surface area (Å²) in [5.74, 6) is 0.955. The lowest BCUT2D eigenvalue weighted by molar-refractivity contribution is 0.200. The molecule has 1 aliphatic heterocycles. The Morgan fingerprint density at radius 2 is 2.42 bits per heavy atom. The highest BCUT2D eigenvalue weighted by molar-refractivity contribution is 5.05. The first-order valence-electron chi connectivity index (χ1n) is 7.23. The fraction of sp³-hybridized carbons (Fsp3) is 0.786. The van der Waals surface area contributed by atoms with E-state index in [-0.39, 0.29) is 0 Å². The van der Waals surface area contributed by atoms with Gasteiger partial charge in [-0.05, 0) is 40.0 Å². The van der Waals surface area contributed by atoms with Crippen LogP contribution >= 0.6 is 0 Å². The zero-order valence-electron chi connectivity index (χ0n) is 12.4. The van der Waals surface area contributed by atoms with Crippen molar-refractivity contribution in [3.63, 3.8) is 0 Å². The Balaban J connectivity index is 1.78. The highest BCUT2D eigenvalue weighted by atomic mass is 16.5. The molecule has 0 saturated carbocycles. The van der Waals surface area contributed by atoms with Crippen LogP contribution in [0.4, 0.5) is 0 Å². The molecule has 1 saturated heterocycles.